The standard InChI is InChI=1S/C15H21N5O2/c1-5-6-7-13(21)17-12-8-9(2)19-20(12)15-16-11(4)10(3)14(22)18-15/h8H,5-7H2,1-4H3,(H,17,21)(H,16,18,22). The van der Waals surface area contributed by atoms with E-state index in [0.29, 0.717) is 29.4 Å². The lowest BCUT2D eigenvalue weighted by Crippen LogP contribution is -2.20. The summed E-state index contributed by atoms with van der Waals surface area (Å²) >= 11 is 0. The average molecular weight is 303 g/mol. The van der Waals surface area contributed by atoms with E-state index >= 15 is 0 Å². The number of amides is 1. The van der Waals surface area contributed by atoms with Gasteiger partial charge in [0.25, 0.3) is 5.56 Å². The SMILES string of the molecule is CCCCC(=O)Nc1cc(C)nn1-c1nc(C)c(C)c(=O)[nH]1. The van der Waals surface area contributed by atoms with Gasteiger partial charge in [-0.05, 0) is 27.2 Å². The first-order chi connectivity index (χ1) is 10.4. The zero-order chi connectivity index (χ0) is 16.3. The fourth-order valence-electron chi connectivity index (χ4n) is 2.02. The number of unbranched alkanes of at least 4 members (excludes halogenated alkanes) is 1. The highest BCUT2D eigenvalue weighted by atomic mass is 16.1. The number of rotatable bonds is 5. The molecule has 22 heavy (non-hydrogen) atoms. The van der Waals surface area contributed by atoms with Gasteiger partial charge in [-0.15, -0.1) is 0 Å². The van der Waals surface area contributed by atoms with Crippen LogP contribution in [0.4, 0.5) is 5.82 Å². The summed E-state index contributed by atoms with van der Waals surface area (Å²) in [6, 6.07) is 1.75. The van der Waals surface area contributed by atoms with Gasteiger partial charge in [0.1, 0.15) is 5.82 Å². The first-order valence-electron chi connectivity index (χ1n) is 7.36. The molecule has 0 aliphatic carbocycles. The molecule has 0 aliphatic rings. The van der Waals surface area contributed by atoms with Crippen LogP contribution in [0.25, 0.3) is 5.95 Å². The minimum atomic E-state index is -0.209. The van der Waals surface area contributed by atoms with Crippen molar-refractivity contribution < 1.29 is 4.79 Å². The highest BCUT2D eigenvalue weighted by Crippen LogP contribution is 2.15. The molecule has 7 heteroatoms. The van der Waals surface area contributed by atoms with Crippen LogP contribution in [-0.4, -0.2) is 25.7 Å². The maximum Gasteiger partial charge on any atom is 0.255 e. The third-order valence-electron chi connectivity index (χ3n) is 3.44. The number of H-pyrrole nitrogens is 1. The Bertz CT molecular complexity index is 745. The third-order valence-corrected chi connectivity index (χ3v) is 3.44. The van der Waals surface area contributed by atoms with E-state index in [1.165, 1.54) is 4.68 Å². The summed E-state index contributed by atoms with van der Waals surface area (Å²) in [6.45, 7) is 7.33. The molecule has 0 spiro atoms. The van der Waals surface area contributed by atoms with Gasteiger partial charge in [0.05, 0.1) is 5.69 Å². The molecule has 0 aromatic carbocycles. The van der Waals surface area contributed by atoms with Gasteiger partial charge in [0.15, 0.2) is 0 Å². The van der Waals surface area contributed by atoms with Crippen LogP contribution in [0.3, 0.4) is 0 Å². The minimum Gasteiger partial charge on any atom is -0.310 e. The number of aromatic nitrogens is 4. The number of hydrogen-bond acceptors (Lipinski definition) is 4. The Labute approximate surface area is 128 Å². The minimum absolute atomic E-state index is 0.0748. The number of aromatic amines is 1. The molecule has 1 amide bonds. The molecule has 0 bridgehead atoms. The van der Waals surface area contributed by atoms with Gasteiger partial charge in [-0.1, -0.05) is 13.3 Å². The zero-order valence-corrected chi connectivity index (χ0v) is 13.4. The maximum absolute atomic E-state index is 11.9. The Kier molecular flexibility index (Phi) is 4.75. The summed E-state index contributed by atoms with van der Waals surface area (Å²) in [4.78, 5) is 30.8. The Hall–Kier alpha value is -2.44. The molecule has 0 aliphatic heterocycles. The number of hydrogen-bond donors (Lipinski definition) is 2. The van der Waals surface area contributed by atoms with E-state index in [2.05, 4.69) is 20.4 Å². The second-order valence-electron chi connectivity index (χ2n) is 5.33. The Balaban J connectivity index is 2.36. The van der Waals surface area contributed by atoms with Crippen LogP contribution in [0.1, 0.15) is 43.1 Å². The largest absolute Gasteiger partial charge is 0.310 e. The molecule has 7 nitrogen and oxygen atoms in total. The molecule has 2 rings (SSSR count). The summed E-state index contributed by atoms with van der Waals surface area (Å²) < 4.78 is 1.45. The highest BCUT2D eigenvalue weighted by molar-refractivity contribution is 5.90. The van der Waals surface area contributed by atoms with Crippen LogP contribution in [-0.2, 0) is 4.79 Å². The first kappa shape index (κ1) is 15.9. The highest BCUT2D eigenvalue weighted by Gasteiger charge is 2.13. The average Bonchev–Trinajstić information content (AvgIpc) is 2.82. The van der Waals surface area contributed by atoms with Crippen LogP contribution in [0.5, 0.6) is 0 Å². The van der Waals surface area contributed by atoms with Crippen LogP contribution in [0.15, 0.2) is 10.9 Å². The summed E-state index contributed by atoms with van der Waals surface area (Å²) in [5.74, 6) is 0.728. The van der Waals surface area contributed by atoms with Crippen molar-refractivity contribution in [2.24, 2.45) is 0 Å². The molecule has 0 atom stereocenters. The zero-order valence-electron chi connectivity index (χ0n) is 13.4. The molecule has 0 radical (unpaired) electrons. The van der Waals surface area contributed by atoms with Gasteiger partial charge in [-0.2, -0.15) is 9.78 Å². The smallest absolute Gasteiger partial charge is 0.255 e. The van der Waals surface area contributed by atoms with E-state index in [1.807, 2.05) is 13.8 Å². The van der Waals surface area contributed by atoms with E-state index < -0.39 is 0 Å². The van der Waals surface area contributed by atoms with Crippen molar-refractivity contribution in [3.63, 3.8) is 0 Å². The molecule has 2 N–H and O–H groups in total. The summed E-state index contributed by atoms with van der Waals surface area (Å²) in [7, 11) is 0. The van der Waals surface area contributed by atoms with Crippen LogP contribution < -0.4 is 10.9 Å². The summed E-state index contributed by atoms with van der Waals surface area (Å²) in [6.07, 6.45) is 2.24. The molecule has 118 valence electrons. The first-order valence-corrected chi connectivity index (χ1v) is 7.36. The molecular weight excluding hydrogens is 282 g/mol. The van der Waals surface area contributed by atoms with Gasteiger partial charge in [0, 0.05) is 23.7 Å². The molecule has 2 heterocycles. The molecule has 0 saturated carbocycles. The van der Waals surface area contributed by atoms with Crippen LogP contribution >= 0.6 is 0 Å². The van der Waals surface area contributed by atoms with Gasteiger partial charge in [-0.3, -0.25) is 14.6 Å². The number of carbonyl (C=O) groups excluding carboxylic acids is 1. The second-order valence-corrected chi connectivity index (χ2v) is 5.33. The number of anilines is 1. The van der Waals surface area contributed by atoms with E-state index in [1.54, 1.807) is 19.9 Å². The van der Waals surface area contributed by atoms with E-state index in [-0.39, 0.29) is 11.5 Å². The van der Waals surface area contributed by atoms with Gasteiger partial charge in [-0.25, -0.2) is 4.98 Å². The van der Waals surface area contributed by atoms with Crippen molar-refractivity contribution in [2.75, 3.05) is 5.32 Å². The van der Waals surface area contributed by atoms with Crippen molar-refractivity contribution in [3.8, 4) is 5.95 Å². The van der Waals surface area contributed by atoms with E-state index in [9.17, 15) is 9.59 Å². The maximum atomic E-state index is 11.9. The molecule has 0 saturated heterocycles. The van der Waals surface area contributed by atoms with Gasteiger partial charge < -0.3 is 5.32 Å². The second kappa shape index (κ2) is 6.55. The van der Waals surface area contributed by atoms with Crippen molar-refractivity contribution in [1.29, 1.82) is 0 Å². The Morgan fingerprint density at radius 3 is 2.73 bits per heavy atom. The molecule has 2 aromatic rings. The molecule has 0 fully saturated rings. The van der Waals surface area contributed by atoms with Crippen LogP contribution in [0.2, 0.25) is 0 Å². The molecule has 0 unspecified atom stereocenters. The molecule has 2 aromatic heterocycles. The third kappa shape index (κ3) is 3.41. The number of aryl methyl sites for hydroxylation is 2. The fraction of sp³-hybridized carbons (Fsp3) is 0.467. The summed E-state index contributed by atoms with van der Waals surface area (Å²) in [5, 5.41) is 7.11. The number of nitrogens with zero attached hydrogens (tertiary/aromatic N) is 3. The Morgan fingerprint density at radius 1 is 1.36 bits per heavy atom. The van der Waals surface area contributed by atoms with E-state index in [0.717, 1.165) is 18.5 Å². The van der Waals surface area contributed by atoms with Gasteiger partial charge in [0.2, 0.25) is 11.9 Å². The predicted octanol–water partition coefficient (Wildman–Crippen LogP) is 2.01. The monoisotopic (exact) mass is 303 g/mol. The lowest BCUT2D eigenvalue weighted by Gasteiger charge is -2.09. The van der Waals surface area contributed by atoms with Crippen molar-refractivity contribution in [1.82, 2.24) is 19.7 Å². The topological polar surface area (TPSA) is 92.7 Å². The predicted molar refractivity (Wildman–Crippen MR) is 84.3 cm³/mol. The fourth-order valence-corrected chi connectivity index (χ4v) is 2.02. The normalized spacial score (nSPS) is 10.7. The van der Waals surface area contributed by atoms with Crippen molar-refractivity contribution >= 4 is 11.7 Å². The quantitative estimate of drug-likeness (QED) is 0.883. The van der Waals surface area contributed by atoms with Crippen LogP contribution in [0, 0.1) is 20.8 Å². The van der Waals surface area contributed by atoms with Gasteiger partial charge >= 0.3 is 0 Å². The Morgan fingerprint density at radius 2 is 2.09 bits per heavy atom. The van der Waals surface area contributed by atoms with Crippen molar-refractivity contribution in [2.45, 2.75) is 47.0 Å². The molecular formula is C15H21N5O2. The lowest BCUT2D eigenvalue weighted by atomic mass is 10.2. The van der Waals surface area contributed by atoms with Crippen molar-refractivity contribution in [3.05, 3.63) is 33.4 Å². The number of carbonyl (C=O) groups is 1. The summed E-state index contributed by atoms with van der Waals surface area (Å²) in [5.41, 5.74) is 1.72. The number of nitrogens with one attached hydrogen (secondary N) is 2. The van der Waals surface area contributed by atoms with E-state index in [4.69, 9.17) is 0 Å². The lowest BCUT2D eigenvalue weighted by molar-refractivity contribution is -0.116.